The number of benzene rings is 2. The molecule has 0 fully saturated rings. The Labute approximate surface area is 197 Å². The van der Waals surface area contributed by atoms with Crippen LogP contribution in [-0.4, -0.2) is 35.9 Å². The van der Waals surface area contributed by atoms with Crippen molar-refractivity contribution in [3.05, 3.63) is 77.7 Å². The number of nitrogens with one attached hydrogen (secondary N) is 2. The largest absolute Gasteiger partial charge is 0.322 e. The SMILES string of the molecule is Cc1nc(-c2ccc(NC(=O)c3cc(-c4ccccc4C)nc4c3cnn4C(C)C)cc2)n[nH]1. The normalized spacial score (nSPS) is 11.3. The number of H-pyrrole nitrogens is 1. The topological polar surface area (TPSA) is 101 Å². The molecule has 1 amide bonds. The van der Waals surface area contributed by atoms with Crippen molar-refractivity contribution in [2.24, 2.45) is 0 Å². The molecule has 0 unspecified atom stereocenters. The van der Waals surface area contributed by atoms with Crippen molar-refractivity contribution in [3.63, 3.8) is 0 Å². The summed E-state index contributed by atoms with van der Waals surface area (Å²) in [5.74, 6) is 1.16. The molecule has 0 aliphatic heterocycles. The van der Waals surface area contributed by atoms with Crippen LogP contribution in [0.2, 0.25) is 0 Å². The standard InChI is InChI=1S/C26H25N7O/c1-15(2)33-25-22(14-27-33)21(13-23(30-25)20-8-6-5-7-16(20)3)26(34)29-19-11-9-18(10-12-19)24-28-17(4)31-32-24/h5-15H,1-4H3,(H,29,34)(H,28,31,32). The number of rotatable bonds is 5. The van der Waals surface area contributed by atoms with Crippen molar-refractivity contribution in [2.75, 3.05) is 5.32 Å². The minimum Gasteiger partial charge on any atom is -0.322 e. The van der Waals surface area contributed by atoms with Crippen molar-refractivity contribution < 1.29 is 4.79 Å². The average Bonchev–Trinajstić information content (AvgIpc) is 3.45. The van der Waals surface area contributed by atoms with Crippen LogP contribution in [0.25, 0.3) is 33.7 Å². The predicted octanol–water partition coefficient (Wildman–Crippen LogP) is 5.33. The monoisotopic (exact) mass is 451 g/mol. The number of nitrogens with zero attached hydrogens (tertiary/aromatic N) is 5. The third-order valence-corrected chi connectivity index (χ3v) is 5.72. The molecule has 0 bridgehead atoms. The van der Waals surface area contributed by atoms with Gasteiger partial charge in [-0.2, -0.15) is 10.2 Å². The molecule has 0 aliphatic rings. The maximum absolute atomic E-state index is 13.4. The Bertz CT molecular complexity index is 1500. The molecular weight excluding hydrogens is 426 g/mol. The molecule has 3 aromatic heterocycles. The molecular formula is C26H25N7O. The maximum Gasteiger partial charge on any atom is 0.256 e. The van der Waals surface area contributed by atoms with E-state index in [1.807, 2.05) is 87.0 Å². The minimum atomic E-state index is -0.216. The van der Waals surface area contributed by atoms with E-state index in [0.717, 1.165) is 33.6 Å². The predicted molar refractivity (Wildman–Crippen MR) is 133 cm³/mol. The summed E-state index contributed by atoms with van der Waals surface area (Å²) in [6, 6.07) is 17.4. The lowest BCUT2D eigenvalue weighted by Crippen LogP contribution is -2.13. The van der Waals surface area contributed by atoms with E-state index < -0.39 is 0 Å². The Morgan fingerprint density at radius 1 is 1.03 bits per heavy atom. The molecule has 5 aromatic rings. The Morgan fingerprint density at radius 2 is 1.79 bits per heavy atom. The minimum absolute atomic E-state index is 0.111. The Hall–Kier alpha value is -4.33. The highest BCUT2D eigenvalue weighted by molar-refractivity contribution is 6.12. The van der Waals surface area contributed by atoms with Gasteiger partial charge in [0.05, 0.1) is 22.8 Å². The van der Waals surface area contributed by atoms with E-state index in [1.54, 1.807) is 6.20 Å². The van der Waals surface area contributed by atoms with Gasteiger partial charge < -0.3 is 5.32 Å². The molecule has 0 saturated carbocycles. The molecule has 8 heteroatoms. The van der Waals surface area contributed by atoms with E-state index in [-0.39, 0.29) is 11.9 Å². The van der Waals surface area contributed by atoms with Crippen LogP contribution in [0.15, 0.2) is 60.8 Å². The number of aromatic nitrogens is 6. The number of anilines is 1. The van der Waals surface area contributed by atoms with Crippen LogP contribution in [0, 0.1) is 13.8 Å². The molecule has 5 rings (SSSR count). The average molecular weight is 452 g/mol. The van der Waals surface area contributed by atoms with E-state index in [4.69, 9.17) is 4.98 Å². The fraction of sp³-hybridized carbons (Fsp3) is 0.192. The van der Waals surface area contributed by atoms with Crippen molar-refractivity contribution in [2.45, 2.75) is 33.7 Å². The van der Waals surface area contributed by atoms with Gasteiger partial charge in [0.25, 0.3) is 5.91 Å². The highest BCUT2D eigenvalue weighted by atomic mass is 16.1. The lowest BCUT2D eigenvalue weighted by atomic mass is 10.0. The smallest absolute Gasteiger partial charge is 0.256 e. The van der Waals surface area contributed by atoms with Gasteiger partial charge in [-0.3, -0.25) is 9.89 Å². The molecule has 2 aromatic carbocycles. The van der Waals surface area contributed by atoms with Gasteiger partial charge >= 0.3 is 0 Å². The number of hydrogen-bond donors (Lipinski definition) is 2. The third kappa shape index (κ3) is 3.94. The van der Waals surface area contributed by atoms with Crippen LogP contribution in [0.3, 0.4) is 0 Å². The van der Waals surface area contributed by atoms with Crippen LogP contribution >= 0.6 is 0 Å². The zero-order chi connectivity index (χ0) is 23.8. The summed E-state index contributed by atoms with van der Waals surface area (Å²) in [5, 5.41) is 15.3. The second-order valence-corrected chi connectivity index (χ2v) is 8.57. The van der Waals surface area contributed by atoms with E-state index >= 15 is 0 Å². The first-order valence-corrected chi connectivity index (χ1v) is 11.2. The molecule has 2 N–H and O–H groups in total. The molecule has 0 radical (unpaired) electrons. The number of carbonyl (C=O) groups is 1. The number of carbonyl (C=O) groups excluding carboxylic acids is 1. The Kier molecular flexibility index (Phi) is 5.41. The number of aryl methyl sites for hydroxylation is 2. The summed E-state index contributed by atoms with van der Waals surface area (Å²) >= 11 is 0. The second kappa shape index (κ2) is 8.55. The van der Waals surface area contributed by atoms with E-state index in [1.165, 1.54) is 0 Å². The summed E-state index contributed by atoms with van der Waals surface area (Å²) in [7, 11) is 0. The highest BCUT2D eigenvalue weighted by Gasteiger charge is 2.19. The summed E-state index contributed by atoms with van der Waals surface area (Å²) in [5.41, 5.74) is 5.59. The summed E-state index contributed by atoms with van der Waals surface area (Å²) in [6.07, 6.45) is 1.72. The zero-order valence-corrected chi connectivity index (χ0v) is 19.5. The molecule has 0 aliphatic carbocycles. The van der Waals surface area contributed by atoms with Gasteiger partial charge in [0.15, 0.2) is 11.5 Å². The van der Waals surface area contributed by atoms with Crippen LogP contribution in [0.1, 0.15) is 41.6 Å². The summed E-state index contributed by atoms with van der Waals surface area (Å²) in [4.78, 5) is 22.7. The second-order valence-electron chi connectivity index (χ2n) is 8.57. The maximum atomic E-state index is 13.4. The van der Waals surface area contributed by atoms with Gasteiger partial charge in [-0.15, -0.1) is 0 Å². The third-order valence-electron chi connectivity index (χ3n) is 5.72. The number of hydrogen-bond acceptors (Lipinski definition) is 5. The van der Waals surface area contributed by atoms with Crippen LogP contribution in [0.4, 0.5) is 5.69 Å². The van der Waals surface area contributed by atoms with Gasteiger partial charge in [0.1, 0.15) is 5.82 Å². The molecule has 0 atom stereocenters. The van der Waals surface area contributed by atoms with E-state index in [2.05, 4.69) is 25.6 Å². The van der Waals surface area contributed by atoms with E-state index in [0.29, 0.717) is 22.7 Å². The first kappa shape index (κ1) is 21.5. The fourth-order valence-electron chi connectivity index (χ4n) is 3.95. The number of amides is 1. The molecule has 34 heavy (non-hydrogen) atoms. The molecule has 3 heterocycles. The quantitative estimate of drug-likeness (QED) is 0.376. The van der Waals surface area contributed by atoms with Crippen molar-refractivity contribution in [3.8, 4) is 22.6 Å². The lowest BCUT2D eigenvalue weighted by Gasteiger charge is -2.12. The van der Waals surface area contributed by atoms with Gasteiger partial charge in [-0.05, 0) is 63.6 Å². The zero-order valence-electron chi connectivity index (χ0n) is 19.5. The number of fused-ring (bicyclic) bond motifs is 1. The first-order valence-electron chi connectivity index (χ1n) is 11.2. The molecule has 0 saturated heterocycles. The molecule has 8 nitrogen and oxygen atoms in total. The summed E-state index contributed by atoms with van der Waals surface area (Å²) in [6.45, 7) is 7.99. The highest BCUT2D eigenvalue weighted by Crippen LogP contribution is 2.29. The van der Waals surface area contributed by atoms with Crippen molar-refractivity contribution in [1.29, 1.82) is 0 Å². The Morgan fingerprint density at radius 3 is 2.47 bits per heavy atom. The van der Waals surface area contributed by atoms with Gasteiger partial charge in [0, 0.05) is 22.9 Å². The van der Waals surface area contributed by atoms with E-state index in [9.17, 15) is 4.79 Å². The van der Waals surface area contributed by atoms with Crippen molar-refractivity contribution >= 4 is 22.6 Å². The van der Waals surface area contributed by atoms with Crippen LogP contribution in [0.5, 0.6) is 0 Å². The van der Waals surface area contributed by atoms with Gasteiger partial charge in [-0.25, -0.2) is 14.6 Å². The number of pyridine rings is 1. The molecule has 170 valence electrons. The first-order chi connectivity index (χ1) is 16.4. The lowest BCUT2D eigenvalue weighted by molar-refractivity contribution is 0.102. The van der Waals surface area contributed by atoms with Crippen molar-refractivity contribution in [1.82, 2.24) is 29.9 Å². The number of aromatic amines is 1. The van der Waals surface area contributed by atoms with Crippen LogP contribution < -0.4 is 5.32 Å². The van der Waals surface area contributed by atoms with Gasteiger partial charge in [0.2, 0.25) is 0 Å². The summed E-state index contributed by atoms with van der Waals surface area (Å²) < 4.78 is 1.85. The fourth-order valence-corrected chi connectivity index (χ4v) is 3.95. The molecule has 0 spiro atoms. The van der Waals surface area contributed by atoms with Gasteiger partial charge in [-0.1, -0.05) is 24.3 Å². The Balaban J connectivity index is 1.53. The van der Waals surface area contributed by atoms with Crippen LogP contribution in [-0.2, 0) is 0 Å².